The van der Waals surface area contributed by atoms with Crippen LogP contribution < -0.4 is 9.80 Å². The second-order valence-electron chi connectivity index (χ2n) is 7.49. The van der Waals surface area contributed by atoms with Crippen molar-refractivity contribution >= 4 is 11.5 Å². The van der Waals surface area contributed by atoms with Crippen LogP contribution in [0.5, 0.6) is 0 Å². The topological polar surface area (TPSA) is 35.5 Å². The minimum Gasteiger partial charge on any atom is -0.369 e. The fraction of sp³-hybridized carbons (Fsp3) is 0.500. The summed E-state index contributed by atoms with van der Waals surface area (Å²) in [5.41, 5.74) is 1.11. The van der Waals surface area contributed by atoms with Gasteiger partial charge in [-0.15, -0.1) is 0 Å². The molecule has 5 nitrogen and oxygen atoms in total. The molecular weight excluding hydrogens is 329 g/mol. The van der Waals surface area contributed by atoms with Crippen LogP contribution in [0.1, 0.15) is 25.6 Å². The number of piperazine rings is 1. The van der Waals surface area contributed by atoms with Crippen LogP contribution >= 0.6 is 0 Å². The number of hydrogen-bond donors (Lipinski definition) is 0. The summed E-state index contributed by atoms with van der Waals surface area (Å²) in [4.78, 5) is 16.3. The SMILES string of the molecule is CC(C)c1nccc(N2CC(N3CCN(c4ccc(F)cc4)CC3)C2)n1. The van der Waals surface area contributed by atoms with E-state index in [4.69, 9.17) is 4.98 Å². The summed E-state index contributed by atoms with van der Waals surface area (Å²) in [6.07, 6.45) is 1.87. The zero-order chi connectivity index (χ0) is 18.1. The molecule has 26 heavy (non-hydrogen) atoms. The van der Waals surface area contributed by atoms with Crippen molar-refractivity contribution in [3.8, 4) is 0 Å². The lowest BCUT2D eigenvalue weighted by atomic mass is 10.1. The lowest BCUT2D eigenvalue weighted by Gasteiger charge is -2.49. The first-order valence-corrected chi connectivity index (χ1v) is 9.42. The van der Waals surface area contributed by atoms with Crippen LogP contribution in [0.4, 0.5) is 15.9 Å². The van der Waals surface area contributed by atoms with Gasteiger partial charge < -0.3 is 9.80 Å². The number of rotatable bonds is 4. The molecule has 0 amide bonds. The monoisotopic (exact) mass is 355 g/mol. The molecule has 4 rings (SSSR count). The van der Waals surface area contributed by atoms with Gasteiger partial charge in [0.25, 0.3) is 0 Å². The molecule has 0 N–H and O–H groups in total. The van der Waals surface area contributed by atoms with Gasteiger partial charge in [-0.25, -0.2) is 14.4 Å². The summed E-state index contributed by atoms with van der Waals surface area (Å²) in [6, 6.07) is 9.43. The smallest absolute Gasteiger partial charge is 0.133 e. The molecule has 0 unspecified atom stereocenters. The van der Waals surface area contributed by atoms with Crippen molar-refractivity contribution in [1.29, 1.82) is 0 Å². The molecule has 0 bridgehead atoms. The Kier molecular flexibility index (Phi) is 4.76. The van der Waals surface area contributed by atoms with Crippen LogP contribution in [-0.4, -0.2) is 60.2 Å². The number of hydrogen-bond acceptors (Lipinski definition) is 5. The average molecular weight is 355 g/mol. The third-order valence-electron chi connectivity index (χ3n) is 5.38. The van der Waals surface area contributed by atoms with E-state index in [2.05, 4.69) is 33.5 Å². The molecule has 1 aromatic carbocycles. The largest absolute Gasteiger partial charge is 0.369 e. The third-order valence-corrected chi connectivity index (χ3v) is 5.38. The number of halogens is 1. The zero-order valence-electron chi connectivity index (χ0n) is 15.5. The maximum Gasteiger partial charge on any atom is 0.133 e. The number of aromatic nitrogens is 2. The predicted molar refractivity (Wildman–Crippen MR) is 102 cm³/mol. The average Bonchev–Trinajstić information content (AvgIpc) is 2.62. The molecular formula is C20H26FN5. The summed E-state index contributed by atoms with van der Waals surface area (Å²) in [5, 5.41) is 0. The lowest BCUT2D eigenvalue weighted by molar-refractivity contribution is 0.156. The van der Waals surface area contributed by atoms with Crippen molar-refractivity contribution in [2.75, 3.05) is 49.1 Å². The van der Waals surface area contributed by atoms with E-state index in [1.807, 2.05) is 24.4 Å². The van der Waals surface area contributed by atoms with Crippen molar-refractivity contribution in [1.82, 2.24) is 14.9 Å². The van der Waals surface area contributed by atoms with Gasteiger partial charge in [-0.3, -0.25) is 4.90 Å². The van der Waals surface area contributed by atoms with Crippen molar-refractivity contribution < 1.29 is 4.39 Å². The van der Waals surface area contributed by atoms with Gasteiger partial charge in [0.15, 0.2) is 0 Å². The Bertz CT molecular complexity index is 734. The first-order valence-electron chi connectivity index (χ1n) is 9.42. The summed E-state index contributed by atoms with van der Waals surface area (Å²) >= 11 is 0. The van der Waals surface area contributed by atoms with E-state index in [0.29, 0.717) is 12.0 Å². The molecule has 0 radical (unpaired) electrons. The molecule has 0 spiro atoms. The minimum absolute atomic E-state index is 0.174. The van der Waals surface area contributed by atoms with Crippen molar-refractivity contribution in [3.05, 3.63) is 48.2 Å². The minimum atomic E-state index is -0.174. The van der Waals surface area contributed by atoms with Crippen molar-refractivity contribution in [2.24, 2.45) is 0 Å². The number of benzene rings is 1. The molecule has 3 heterocycles. The molecule has 2 fully saturated rings. The van der Waals surface area contributed by atoms with E-state index in [-0.39, 0.29) is 5.82 Å². The van der Waals surface area contributed by atoms with E-state index in [0.717, 1.165) is 56.6 Å². The molecule has 138 valence electrons. The summed E-state index contributed by atoms with van der Waals surface area (Å²) in [5.74, 6) is 2.14. The molecule has 1 aromatic heterocycles. The quantitative estimate of drug-likeness (QED) is 0.843. The van der Waals surface area contributed by atoms with Crippen molar-refractivity contribution in [3.63, 3.8) is 0 Å². The van der Waals surface area contributed by atoms with Crippen LogP contribution in [0.25, 0.3) is 0 Å². The van der Waals surface area contributed by atoms with Gasteiger partial charge in [-0.05, 0) is 30.3 Å². The molecule has 6 heteroatoms. The Labute approximate surface area is 154 Å². The van der Waals surface area contributed by atoms with E-state index in [1.54, 1.807) is 12.1 Å². The number of anilines is 2. The van der Waals surface area contributed by atoms with Gasteiger partial charge in [0, 0.05) is 63.1 Å². The fourth-order valence-corrected chi connectivity index (χ4v) is 3.69. The highest BCUT2D eigenvalue weighted by molar-refractivity contribution is 5.47. The first-order chi connectivity index (χ1) is 12.6. The molecule has 2 aliphatic rings. The highest BCUT2D eigenvalue weighted by atomic mass is 19.1. The maximum atomic E-state index is 13.1. The van der Waals surface area contributed by atoms with Crippen LogP contribution in [0.15, 0.2) is 36.5 Å². The standard InChI is InChI=1S/C20H26FN5/c1-15(2)20-22-8-7-19(23-20)26-13-18(14-26)25-11-9-24(10-12-25)17-5-3-16(21)4-6-17/h3-8,15,18H,9-14H2,1-2H3. The van der Waals surface area contributed by atoms with Crippen LogP contribution in [-0.2, 0) is 0 Å². The Morgan fingerprint density at radius 2 is 1.65 bits per heavy atom. The number of nitrogens with zero attached hydrogens (tertiary/aromatic N) is 5. The predicted octanol–water partition coefficient (Wildman–Crippen LogP) is 2.75. The fourth-order valence-electron chi connectivity index (χ4n) is 3.69. The van der Waals surface area contributed by atoms with E-state index in [9.17, 15) is 4.39 Å². The Morgan fingerprint density at radius 1 is 0.962 bits per heavy atom. The Morgan fingerprint density at radius 3 is 2.31 bits per heavy atom. The molecule has 2 saturated heterocycles. The normalized spacial score (nSPS) is 19.1. The summed E-state index contributed by atoms with van der Waals surface area (Å²) < 4.78 is 13.1. The van der Waals surface area contributed by atoms with Gasteiger partial charge in [0.1, 0.15) is 17.5 Å². The van der Waals surface area contributed by atoms with Gasteiger partial charge in [-0.2, -0.15) is 0 Å². The van der Waals surface area contributed by atoms with E-state index >= 15 is 0 Å². The molecule has 2 aromatic rings. The Balaban J connectivity index is 1.29. The summed E-state index contributed by atoms with van der Waals surface area (Å²) in [6.45, 7) is 10.4. The van der Waals surface area contributed by atoms with Crippen LogP contribution in [0.3, 0.4) is 0 Å². The Hall–Kier alpha value is -2.21. The molecule has 2 aliphatic heterocycles. The lowest BCUT2D eigenvalue weighted by Crippen LogP contribution is -2.63. The van der Waals surface area contributed by atoms with Crippen molar-refractivity contribution in [2.45, 2.75) is 25.8 Å². The van der Waals surface area contributed by atoms with Gasteiger partial charge in [-0.1, -0.05) is 13.8 Å². The first kappa shape index (κ1) is 17.2. The second kappa shape index (κ2) is 7.19. The van der Waals surface area contributed by atoms with E-state index < -0.39 is 0 Å². The van der Waals surface area contributed by atoms with Gasteiger partial charge in [0.2, 0.25) is 0 Å². The molecule has 0 aliphatic carbocycles. The zero-order valence-corrected chi connectivity index (χ0v) is 15.5. The third kappa shape index (κ3) is 3.51. The maximum absolute atomic E-state index is 13.1. The summed E-state index contributed by atoms with van der Waals surface area (Å²) in [7, 11) is 0. The highest BCUT2D eigenvalue weighted by Gasteiger charge is 2.34. The van der Waals surface area contributed by atoms with Crippen LogP contribution in [0.2, 0.25) is 0 Å². The second-order valence-corrected chi connectivity index (χ2v) is 7.49. The van der Waals surface area contributed by atoms with Crippen LogP contribution in [0, 0.1) is 5.82 Å². The molecule has 0 saturated carbocycles. The highest BCUT2D eigenvalue weighted by Crippen LogP contribution is 2.25. The van der Waals surface area contributed by atoms with E-state index in [1.165, 1.54) is 0 Å². The molecule has 0 atom stereocenters. The van der Waals surface area contributed by atoms with Gasteiger partial charge >= 0.3 is 0 Å². The van der Waals surface area contributed by atoms with Gasteiger partial charge in [0.05, 0.1) is 0 Å².